The van der Waals surface area contributed by atoms with Crippen LogP contribution >= 0.6 is 0 Å². The minimum atomic E-state index is -0.441. The van der Waals surface area contributed by atoms with E-state index in [1.165, 1.54) is 10.2 Å². The van der Waals surface area contributed by atoms with Crippen LogP contribution in [0.2, 0.25) is 0 Å². The van der Waals surface area contributed by atoms with Crippen LogP contribution in [0.15, 0.2) is 24.3 Å². The Labute approximate surface area is 174 Å². The van der Waals surface area contributed by atoms with E-state index in [-0.39, 0.29) is 24.6 Å². The van der Waals surface area contributed by atoms with Crippen molar-refractivity contribution in [2.45, 2.75) is 54.1 Å². The van der Waals surface area contributed by atoms with Gasteiger partial charge in [-0.3, -0.25) is 24.3 Å². The number of anilines is 1. The van der Waals surface area contributed by atoms with E-state index in [0.717, 1.165) is 17.0 Å². The summed E-state index contributed by atoms with van der Waals surface area (Å²) in [5.41, 5.74) is 5.45. The summed E-state index contributed by atoms with van der Waals surface area (Å²) in [6.07, 6.45) is 0.154. The summed E-state index contributed by atoms with van der Waals surface area (Å²) in [6, 6.07) is 8.23. The third-order valence-electron chi connectivity index (χ3n) is 5.14. The maximum Gasteiger partial charge on any atom is 0.312 e. The van der Waals surface area contributed by atoms with E-state index in [9.17, 15) is 14.9 Å². The minimum Gasteiger partial charge on any atom is -0.323 e. The number of hydrogen-bond acceptors (Lipinski definition) is 5. The van der Waals surface area contributed by atoms with Crippen LogP contribution < -0.4 is 5.32 Å². The molecule has 158 valence electrons. The van der Waals surface area contributed by atoms with Gasteiger partial charge >= 0.3 is 5.69 Å². The molecule has 3 rings (SSSR count). The average molecular weight is 410 g/mol. The van der Waals surface area contributed by atoms with E-state index >= 15 is 0 Å². The lowest BCUT2D eigenvalue weighted by atomic mass is 10.1. The number of nitro groups is 1. The maximum absolute atomic E-state index is 12.5. The molecule has 1 aromatic carbocycles. The van der Waals surface area contributed by atoms with Gasteiger partial charge in [-0.05, 0) is 40.2 Å². The van der Waals surface area contributed by atoms with Crippen LogP contribution in [-0.4, -0.2) is 30.4 Å². The molecule has 0 spiro atoms. The molecule has 0 unspecified atom stereocenters. The molecule has 0 aliphatic heterocycles. The number of carbonyl (C=O) groups excluding carboxylic acids is 1. The Balaban J connectivity index is 1.68. The predicted octanol–water partition coefficient (Wildman–Crippen LogP) is 3.61. The molecule has 30 heavy (non-hydrogen) atoms. The molecule has 9 nitrogen and oxygen atoms in total. The second-order valence-corrected chi connectivity index (χ2v) is 7.49. The lowest BCUT2D eigenvalue weighted by molar-refractivity contribution is -0.386. The van der Waals surface area contributed by atoms with Gasteiger partial charge < -0.3 is 5.32 Å². The lowest BCUT2D eigenvalue weighted by Crippen LogP contribution is -2.16. The van der Waals surface area contributed by atoms with Crippen LogP contribution in [0.1, 0.15) is 40.3 Å². The van der Waals surface area contributed by atoms with Gasteiger partial charge in [-0.15, -0.1) is 0 Å². The Bertz CT molecular complexity index is 1110. The first-order chi connectivity index (χ1) is 14.2. The zero-order chi connectivity index (χ0) is 22.0. The van der Waals surface area contributed by atoms with Crippen molar-refractivity contribution in [3.05, 3.63) is 68.3 Å². The number of nitrogens with zero attached hydrogens (tertiary/aromatic N) is 5. The molecule has 0 saturated heterocycles. The van der Waals surface area contributed by atoms with Gasteiger partial charge in [-0.2, -0.15) is 10.2 Å². The van der Waals surface area contributed by atoms with Gasteiger partial charge in [0.1, 0.15) is 11.4 Å². The third-order valence-corrected chi connectivity index (χ3v) is 5.14. The highest BCUT2D eigenvalue weighted by atomic mass is 16.6. The number of amides is 1. The van der Waals surface area contributed by atoms with Crippen molar-refractivity contribution in [2.75, 3.05) is 5.32 Å². The molecule has 2 aromatic heterocycles. The molecule has 0 atom stereocenters. The van der Waals surface area contributed by atoms with Crippen molar-refractivity contribution in [1.82, 2.24) is 19.6 Å². The Morgan fingerprint density at radius 3 is 2.40 bits per heavy atom. The van der Waals surface area contributed by atoms with Gasteiger partial charge in [-0.25, -0.2) is 0 Å². The van der Waals surface area contributed by atoms with Gasteiger partial charge in [0.05, 0.1) is 35.1 Å². The number of aromatic nitrogens is 4. The number of rotatable bonds is 7. The molecule has 1 amide bonds. The first-order valence-electron chi connectivity index (χ1n) is 9.75. The number of aryl methyl sites for hydroxylation is 4. The van der Waals surface area contributed by atoms with Gasteiger partial charge in [0.25, 0.3) is 0 Å². The number of hydrogen-bond donors (Lipinski definition) is 1. The van der Waals surface area contributed by atoms with Crippen LogP contribution in [0.25, 0.3) is 0 Å². The van der Waals surface area contributed by atoms with E-state index in [2.05, 4.69) is 27.6 Å². The van der Waals surface area contributed by atoms with E-state index < -0.39 is 4.92 Å². The largest absolute Gasteiger partial charge is 0.323 e. The number of benzene rings is 1. The second-order valence-electron chi connectivity index (χ2n) is 7.49. The summed E-state index contributed by atoms with van der Waals surface area (Å²) in [6.45, 7) is 9.96. The zero-order valence-electron chi connectivity index (χ0n) is 17.9. The summed E-state index contributed by atoms with van der Waals surface area (Å²) in [7, 11) is 0. The molecule has 0 aliphatic rings. The highest BCUT2D eigenvalue weighted by Gasteiger charge is 2.22. The Morgan fingerprint density at radius 2 is 1.77 bits per heavy atom. The van der Waals surface area contributed by atoms with Crippen LogP contribution in [-0.2, 0) is 17.9 Å². The van der Waals surface area contributed by atoms with Crippen LogP contribution in [0.3, 0.4) is 0 Å². The van der Waals surface area contributed by atoms with Gasteiger partial charge in [0, 0.05) is 6.42 Å². The minimum absolute atomic E-state index is 0.000442. The van der Waals surface area contributed by atoms with Crippen molar-refractivity contribution in [2.24, 2.45) is 0 Å². The Morgan fingerprint density at radius 1 is 1.07 bits per heavy atom. The molecule has 0 radical (unpaired) electrons. The average Bonchev–Trinajstić information content (AvgIpc) is 3.09. The molecule has 0 saturated carbocycles. The standard InChI is InChI=1S/C21H26N6O3/c1-13-7-6-8-18(11-13)12-26-16(4)20(14(2)23-26)22-19(28)9-10-25-17(5)21(27(29)30)15(3)24-25/h6-8,11H,9-10,12H2,1-5H3,(H,22,28). The summed E-state index contributed by atoms with van der Waals surface area (Å²) < 4.78 is 3.39. The van der Waals surface area contributed by atoms with Crippen LogP contribution in [0.5, 0.6) is 0 Å². The van der Waals surface area contributed by atoms with Gasteiger partial charge in [0.15, 0.2) is 0 Å². The van der Waals surface area contributed by atoms with E-state index in [1.807, 2.05) is 37.6 Å². The molecular weight excluding hydrogens is 384 g/mol. The molecule has 0 bridgehead atoms. The third kappa shape index (κ3) is 4.40. The first kappa shape index (κ1) is 21.2. The van der Waals surface area contributed by atoms with Gasteiger partial charge in [-0.1, -0.05) is 29.8 Å². The SMILES string of the molecule is Cc1cccc(Cn2nc(C)c(NC(=O)CCn3nc(C)c([N+](=O)[O-])c3C)c2C)c1. The molecule has 1 N–H and O–H groups in total. The maximum atomic E-state index is 12.5. The smallest absolute Gasteiger partial charge is 0.312 e. The molecule has 2 heterocycles. The fourth-order valence-electron chi connectivity index (χ4n) is 3.59. The van der Waals surface area contributed by atoms with Crippen molar-refractivity contribution < 1.29 is 9.72 Å². The number of carbonyl (C=O) groups is 1. The first-order valence-corrected chi connectivity index (χ1v) is 9.75. The normalized spacial score (nSPS) is 11.0. The second kappa shape index (κ2) is 8.48. The topological polar surface area (TPSA) is 108 Å². The fourth-order valence-corrected chi connectivity index (χ4v) is 3.59. The lowest BCUT2D eigenvalue weighted by Gasteiger charge is -2.08. The van der Waals surface area contributed by atoms with Crippen LogP contribution in [0.4, 0.5) is 11.4 Å². The predicted molar refractivity (Wildman–Crippen MR) is 114 cm³/mol. The van der Waals surface area contributed by atoms with Crippen LogP contribution in [0, 0.1) is 44.7 Å². The molecular formula is C21H26N6O3. The summed E-state index contributed by atoms with van der Waals surface area (Å²) in [5.74, 6) is -0.188. The summed E-state index contributed by atoms with van der Waals surface area (Å²) in [5, 5.41) is 22.8. The van der Waals surface area contributed by atoms with E-state index in [1.54, 1.807) is 13.8 Å². The van der Waals surface area contributed by atoms with E-state index in [4.69, 9.17) is 0 Å². The number of nitrogens with one attached hydrogen (secondary N) is 1. The molecule has 9 heteroatoms. The van der Waals surface area contributed by atoms with Crippen molar-refractivity contribution in [3.63, 3.8) is 0 Å². The fraction of sp³-hybridized carbons (Fsp3) is 0.381. The monoisotopic (exact) mass is 410 g/mol. The Kier molecular flexibility index (Phi) is 6.00. The van der Waals surface area contributed by atoms with Crippen molar-refractivity contribution in [3.8, 4) is 0 Å². The highest BCUT2D eigenvalue weighted by molar-refractivity contribution is 5.91. The van der Waals surface area contributed by atoms with E-state index in [0.29, 0.717) is 23.6 Å². The summed E-state index contributed by atoms with van der Waals surface area (Å²) in [4.78, 5) is 23.2. The molecule has 0 aliphatic carbocycles. The van der Waals surface area contributed by atoms with Crippen molar-refractivity contribution >= 4 is 17.3 Å². The molecule has 3 aromatic rings. The highest BCUT2D eigenvalue weighted by Crippen LogP contribution is 2.23. The van der Waals surface area contributed by atoms with Gasteiger partial charge in [0.2, 0.25) is 5.91 Å². The van der Waals surface area contributed by atoms with Crippen molar-refractivity contribution in [1.29, 1.82) is 0 Å². The quantitative estimate of drug-likeness (QED) is 0.473. The zero-order valence-corrected chi connectivity index (χ0v) is 17.9. The Hall–Kier alpha value is -3.49. The molecule has 0 fully saturated rings. The summed E-state index contributed by atoms with van der Waals surface area (Å²) >= 11 is 0.